The predicted molar refractivity (Wildman–Crippen MR) is 109 cm³/mol. The zero-order valence-corrected chi connectivity index (χ0v) is 16.8. The molecular weight excluding hydrogens is 336 g/mol. The third-order valence-electron chi connectivity index (χ3n) is 5.57. The second-order valence-corrected chi connectivity index (χ2v) is 7.81. The molecule has 27 heavy (non-hydrogen) atoms. The maximum Gasteiger partial charge on any atom is 0.220 e. The lowest BCUT2D eigenvalue weighted by atomic mass is 9.99. The highest BCUT2D eigenvalue weighted by Gasteiger charge is 2.16. The van der Waals surface area contributed by atoms with Gasteiger partial charge in [0.25, 0.3) is 0 Å². The number of carbonyl (C=O) groups excluding carboxylic acids is 1. The van der Waals surface area contributed by atoms with E-state index in [4.69, 9.17) is 5.10 Å². The van der Waals surface area contributed by atoms with E-state index in [-0.39, 0.29) is 5.91 Å². The van der Waals surface area contributed by atoms with Crippen LogP contribution < -0.4 is 10.6 Å². The number of rotatable bonds is 7. The second kappa shape index (κ2) is 9.18. The summed E-state index contributed by atoms with van der Waals surface area (Å²) in [6.45, 7) is 9.93. The molecule has 2 N–H and O–H groups in total. The van der Waals surface area contributed by atoms with E-state index in [2.05, 4.69) is 53.4 Å². The largest absolute Gasteiger partial charge is 0.356 e. The summed E-state index contributed by atoms with van der Waals surface area (Å²) in [7, 11) is 0. The van der Waals surface area contributed by atoms with E-state index in [9.17, 15) is 4.79 Å². The summed E-state index contributed by atoms with van der Waals surface area (Å²) in [5.74, 6) is 0.717. The number of aromatic nitrogens is 2. The molecule has 2 aromatic rings. The summed E-state index contributed by atoms with van der Waals surface area (Å²) < 4.78 is 2.06. The normalized spacial score (nSPS) is 17.1. The van der Waals surface area contributed by atoms with Gasteiger partial charge in [0.1, 0.15) is 0 Å². The first-order chi connectivity index (χ1) is 13.0. The Morgan fingerprint density at radius 1 is 1.26 bits per heavy atom. The summed E-state index contributed by atoms with van der Waals surface area (Å²) in [6.07, 6.45) is 3.69. The maximum atomic E-state index is 12.3. The van der Waals surface area contributed by atoms with Gasteiger partial charge in [-0.3, -0.25) is 9.48 Å². The summed E-state index contributed by atoms with van der Waals surface area (Å²) in [4.78, 5) is 12.3. The number of amides is 1. The molecule has 1 atom stereocenters. The molecule has 1 aromatic heterocycles. The van der Waals surface area contributed by atoms with Gasteiger partial charge >= 0.3 is 0 Å². The van der Waals surface area contributed by atoms with E-state index in [1.165, 1.54) is 29.5 Å². The van der Waals surface area contributed by atoms with Gasteiger partial charge in [-0.25, -0.2) is 0 Å². The molecule has 0 bridgehead atoms. The van der Waals surface area contributed by atoms with Gasteiger partial charge in [0.15, 0.2) is 0 Å². The summed E-state index contributed by atoms with van der Waals surface area (Å²) in [6, 6.07) is 8.57. The van der Waals surface area contributed by atoms with Crippen LogP contribution in [0, 0.1) is 26.7 Å². The first-order valence-corrected chi connectivity index (χ1v) is 10.1. The van der Waals surface area contributed by atoms with Crippen molar-refractivity contribution in [3.05, 3.63) is 52.3 Å². The molecule has 1 aliphatic rings. The Morgan fingerprint density at radius 2 is 2.04 bits per heavy atom. The lowest BCUT2D eigenvalue weighted by molar-refractivity contribution is -0.121. The van der Waals surface area contributed by atoms with E-state index >= 15 is 0 Å². The first kappa shape index (κ1) is 19.6. The van der Waals surface area contributed by atoms with Crippen molar-refractivity contribution < 1.29 is 4.79 Å². The van der Waals surface area contributed by atoms with Crippen molar-refractivity contribution in [2.75, 3.05) is 19.6 Å². The molecule has 1 unspecified atom stereocenters. The van der Waals surface area contributed by atoms with Crippen LogP contribution in [0.4, 0.5) is 0 Å². The topological polar surface area (TPSA) is 59.0 Å². The van der Waals surface area contributed by atoms with Gasteiger partial charge in [-0.2, -0.15) is 5.10 Å². The summed E-state index contributed by atoms with van der Waals surface area (Å²) >= 11 is 0. The van der Waals surface area contributed by atoms with Gasteiger partial charge in [-0.15, -0.1) is 0 Å². The number of aryl methyl sites for hydroxylation is 2. The molecule has 0 saturated carbocycles. The van der Waals surface area contributed by atoms with E-state index in [1.807, 2.05) is 6.92 Å². The highest BCUT2D eigenvalue weighted by Crippen LogP contribution is 2.17. The molecule has 1 fully saturated rings. The van der Waals surface area contributed by atoms with Crippen molar-refractivity contribution in [2.24, 2.45) is 5.92 Å². The number of hydrogen-bond donors (Lipinski definition) is 2. The minimum atomic E-state index is 0.144. The van der Waals surface area contributed by atoms with Crippen molar-refractivity contribution in [3.63, 3.8) is 0 Å². The second-order valence-electron chi connectivity index (χ2n) is 7.81. The molecule has 5 nitrogen and oxygen atoms in total. The third kappa shape index (κ3) is 5.42. The predicted octanol–water partition coefficient (Wildman–Crippen LogP) is 2.91. The van der Waals surface area contributed by atoms with Crippen LogP contribution in [0.15, 0.2) is 24.3 Å². The Morgan fingerprint density at radius 3 is 2.74 bits per heavy atom. The average Bonchev–Trinajstić information content (AvgIpc) is 2.94. The molecule has 3 rings (SSSR count). The lowest BCUT2D eigenvalue weighted by Crippen LogP contribution is -2.38. The van der Waals surface area contributed by atoms with Crippen LogP contribution in [-0.4, -0.2) is 35.3 Å². The molecule has 5 heteroatoms. The van der Waals surface area contributed by atoms with Gasteiger partial charge in [0.2, 0.25) is 5.91 Å². The number of nitrogens with zero attached hydrogens (tertiary/aromatic N) is 2. The Labute approximate surface area is 162 Å². The van der Waals surface area contributed by atoms with Crippen LogP contribution in [0.5, 0.6) is 0 Å². The van der Waals surface area contributed by atoms with Crippen molar-refractivity contribution in [1.82, 2.24) is 20.4 Å². The third-order valence-corrected chi connectivity index (χ3v) is 5.57. The molecule has 1 saturated heterocycles. The number of hydrogen-bond acceptors (Lipinski definition) is 3. The van der Waals surface area contributed by atoms with Gasteiger partial charge in [-0.1, -0.05) is 29.8 Å². The van der Waals surface area contributed by atoms with Crippen LogP contribution in [0.1, 0.15) is 47.3 Å². The molecule has 146 valence electrons. The first-order valence-electron chi connectivity index (χ1n) is 10.1. The fraction of sp³-hybridized carbons (Fsp3) is 0.545. The molecule has 1 amide bonds. The maximum absolute atomic E-state index is 12.3. The highest BCUT2D eigenvalue weighted by atomic mass is 16.1. The molecule has 2 heterocycles. The number of piperidine rings is 1. The van der Waals surface area contributed by atoms with Gasteiger partial charge in [0, 0.05) is 18.7 Å². The quantitative estimate of drug-likeness (QED) is 0.790. The van der Waals surface area contributed by atoms with E-state index in [0.717, 1.165) is 44.0 Å². The number of benzene rings is 1. The standard InChI is InChI=1S/C22H32N4O/c1-16-6-8-19(9-7-16)15-26-18(3)21(17(2)25-26)10-11-22(27)24-14-20-5-4-12-23-13-20/h6-9,20,23H,4-5,10-15H2,1-3H3,(H,24,27). The summed E-state index contributed by atoms with van der Waals surface area (Å²) in [5, 5.41) is 11.2. The van der Waals surface area contributed by atoms with Crippen LogP contribution in [-0.2, 0) is 17.8 Å². The van der Waals surface area contributed by atoms with Crippen molar-refractivity contribution in [3.8, 4) is 0 Å². The molecule has 1 aromatic carbocycles. The van der Waals surface area contributed by atoms with E-state index < -0.39 is 0 Å². The number of nitrogens with one attached hydrogen (secondary N) is 2. The Bertz CT molecular complexity index is 757. The van der Waals surface area contributed by atoms with Gasteiger partial charge < -0.3 is 10.6 Å². The fourth-order valence-corrected chi connectivity index (χ4v) is 3.80. The number of carbonyl (C=O) groups is 1. The molecule has 0 radical (unpaired) electrons. The molecule has 1 aliphatic heterocycles. The van der Waals surface area contributed by atoms with Crippen LogP contribution in [0.3, 0.4) is 0 Å². The van der Waals surface area contributed by atoms with Crippen molar-refractivity contribution in [1.29, 1.82) is 0 Å². The van der Waals surface area contributed by atoms with Crippen LogP contribution in [0.25, 0.3) is 0 Å². The van der Waals surface area contributed by atoms with E-state index in [1.54, 1.807) is 0 Å². The van der Waals surface area contributed by atoms with Crippen LogP contribution >= 0.6 is 0 Å². The van der Waals surface area contributed by atoms with Crippen LogP contribution in [0.2, 0.25) is 0 Å². The Hall–Kier alpha value is -2.14. The zero-order chi connectivity index (χ0) is 19.2. The van der Waals surface area contributed by atoms with Crippen molar-refractivity contribution in [2.45, 2.75) is 53.0 Å². The van der Waals surface area contributed by atoms with Crippen molar-refractivity contribution >= 4 is 5.91 Å². The fourth-order valence-electron chi connectivity index (χ4n) is 3.80. The Balaban J connectivity index is 1.53. The lowest BCUT2D eigenvalue weighted by Gasteiger charge is -2.22. The van der Waals surface area contributed by atoms with E-state index in [0.29, 0.717) is 12.3 Å². The molecule has 0 aliphatic carbocycles. The zero-order valence-electron chi connectivity index (χ0n) is 16.8. The highest BCUT2D eigenvalue weighted by molar-refractivity contribution is 5.76. The average molecular weight is 369 g/mol. The Kier molecular flexibility index (Phi) is 6.67. The smallest absolute Gasteiger partial charge is 0.220 e. The monoisotopic (exact) mass is 368 g/mol. The molecule has 0 spiro atoms. The minimum Gasteiger partial charge on any atom is -0.356 e. The SMILES string of the molecule is Cc1ccc(Cn2nc(C)c(CCC(=O)NCC3CCCNC3)c2C)cc1. The van der Waals surface area contributed by atoms with Gasteiger partial charge in [-0.05, 0) is 70.2 Å². The minimum absolute atomic E-state index is 0.144. The van der Waals surface area contributed by atoms with Gasteiger partial charge in [0.05, 0.1) is 12.2 Å². The summed E-state index contributed by atoms with van der Waals surface area (Å²) in [5.41, 5.74) is 5.91. The molecular formula is C22H32N4O.